The molecular weight excluding hydrogens is 292 g/mol. The topological polar surface area (TPSA) is 87.5 Å². The molecule has 1 aromatic carbocycles. The molecular formula is C14H19ClN4O2. The maximum Gasteiger partial charge on any atom is 0.322 e. The molecule has 1 aliphatic heterocycles. The molecule has 4 N–H and O–H groups in total. The highest BCUT2D eigenvalue weighted by Gasteiger charge is 2.24. The van der Waals surface area contributed by atoms with Crippen molar-refractivity contribution in [1.82, 2.24) is 10.6 Å². The highest BCUT2D eigenvalue weighted by atomic mass is 35.5. The fraction of sp³-hybridized carbons (Fsp3) is 0.429. The highest BCUT2D eigenvalue weighted by Crippen LogP contribution is 2.28. The fourth-order valence-electron chi connectivity index (χ4n) is 2.08. The molecule has 1 unspecified atom stereocenters. The predicted octanol–water partition coefficient (Wildman–Crippen LogP) is 1.34. The molecule has 3 amide bonds. The molecule has 0 spiro atoms. The summed E-state index contributed by atoms with van der Waals surface area (Å²) in [4.78, 5) is 25.3. The number of hydrogen-bond acceptors (Lipinski definition) is 3. The summed E-state index contributed by atoms with van der Waals surface area (Å²) >= 11 is 6.12. The SMILES string of the molecule is CC(N)CCNC(=O)c1ccc(Cl)c(N2CCNC2=O)c1. The van der Waals surface area contributed by atoms with Gasteiger partial charge in [-0.05, 0) is 31.5 Å². The zero-order chi connectivity index (χ0) is 15.4. The van der Waals surface area contributed by atoms with Gasteiger partial charge in [-0.2, -0.15) is 0 Å². The molecule has 0 aromatic heterocycles. The zero-order valence-electron chi connectivity index (χ0n) is 11.9. The van der Waals surface area contributed by atoms with Crippen molar-refractivity contribution in [1.29, 1.82) is 0 Å². The molecule has 2 rings (SSSR count). The van der Waals surface area contributed by atoms with Crippen molar-refractivity contribution in [2.75, 3.05) is 24.5 Å². The molecule has 0 radical (unpaired) electrons. The van der Waals surface area contributed by atoms with Crippen LogP contribution in [0.1, 0.15) is 23.7 Å². The van der Waals surface area contributed by atoms with Gasteiger partial charge in [0.1, 0.15) is 0 Å². The van der Waals surface area contributed by atoms with E-state index in [9.17, 15) is 9.59 Å². The van der Waals surface area contributed by atoms with Gasteiger partial charge in [0.2, 0.25) is 0 Å². The Morgan fingerprint density at radius 2 is 2.33 bits per heavy atom. The number of anilines is 1. The number of hydrogen-bond donors (Lipinski definition) is 3. The standard InChI is InChI=1S/C14H19ClN4O2/c1-9(16)4-5-17-13(20)10-2-3-11(15)12(8-10)19-7-6-18-14(19)21/h2-3,8-9H,4-7,16H2,1H3,(H,17,20)(H,18,21). The summed E-state index contributed by atoms with van der Waals surface area (Å²) in [7, 11) is 0. The quantitative estimate of drug-likeness (QED) is 0.767. The van der Waals surface area contributed by atoms with Crippen molar-refractivity contribution >= 4 is 29.2 Å². The highest BCUT2D eigenvalue weighted by molar-refractivity contribution is 6.34. The van der Waals surface area contributed by atoms with Crippen LogP contribution in [0.25, 0.3) is 0 Å². The Labute approximate surface area is 128 Å². The Hall–Kier alpha value is -1.79. The summed E-state index contributed by atoms with van der Waals surface area (Å²) < 4.78 is 0. The van der Waals surface area contributed by atoms with Crippen LogP contribution in [0.15, 0.2) is 18.2 Å². The maximum absolute atomic E-state index is 12.1. The smallest absolute Gasteiger partial charge is 0.322 e. The molecule has 1 aromatic rings. The number of carbonyl (C=O) groups excluding carboxylic acids is 2. The van der Waals surface area contributed by atoms with Crippen LogP contribution in [-0.2, 0) is 0 Å². The van der Waals surface area contributed by atoms with E-state index in [-0.39, 0.29) is 18.0 Å². The number of amides is 3. The monoisotopic (exact) mass is 310 g/mol. The Bertz CT molecular complexity index is 548. The molecule has 0 aliphatic carbocycles. The van der Waals surface area contributed by atoms with E-state index in [2.05, 4.69) is 10.6 Å². The normalized spacial score (nSPS) is 15.8. The van der Waals surface area contributed by atoms with Gasteiger partial charge in [0.25, 0.3) is 5.91 Å². The number of rotatable bonds is 5. The van der Waals surface area contributed by atoms with Gasteiger partial charge in [0, 0.05) is 31.2 Å². The maximum atomic E-state index is 12.1. The average Bonchev–Trinajstić information content (AvgIpc) is 2.85. The second kappa shape index (κ2) is 6.78. The molecule has 6 nitrogen and oxygen atoms in total. The number of nitrogens with two attached hydrogens (primary N) is 1. The van der Waals surface area contributed by atoms with Gasteiger partial charge >= 0.3 is 6.03 Å². The number of urea groups is 1. The summed E-state index contributed by atoms with van der Waals surface area (Å²) in [5.74, 6) is -0.201. The summed E-state index contributed by atoms with van der Waals surface area (Å²) in [6.45, 7) is 3.51. The molecule has 1 saturated heterocycles. The Balaban J connectivity index is 2.11. The first-order chi connectivity index (χ1) is 9.99. The van der Waals surface area contributed by atoms with Gasteiger partial charge < -0.3 is 16.4 Å². The summed E-state index contributed by atoms with van der Waals surface area (Å²) in [6.07, 6.45) is 0.709. The van der Waals surface area contributed by atoms with Crippen molar-refractivity contribution in [2.24, 2.45) is 5.73 Å². The van der Waals surface area contributed by atoms with Gasteiger partial charge in [-0.25, -0.2) is 4.79 Å². The van der Waals surface area contributed by atoms with E-state index in [1.54, 1.807) is 18.2 Å². The third kappa shape index (κ3) is 3.86. The van der Waals surface area contributed by atoms with E-state index in [1.165, 1.54) is 4.90 Å². The second-order valence-electron chi connectivity index (χ2n) is 5.07. The van der Waals surface area contributed by atoms with Crippen LogP contribution < -0.4 is 21.3 Å². The first-order valence-corrected chi connectivity index (χ1v) is 7.25. The van der Waals surface area contributed by atoms with Gasteiger partial charge in [-0.15, -0.1) is 0 Å². The van der Waals surface area contributed by atoms with E-state index < -0.39 is 0 Å². The lowest BCUT2D eigenvalue weighted by atomic mass is 10.1. The first-order valence-electron chi connectivity index (χ1n) is 6.87. The van der Waals surface area contributed by atoms with E-state index in [1.807, 2.05) is 6.92 Å². The van der Waals surface area contributed by atoms with Crippen LogP contribution in [0.4, 0.5) is 10.5 Å². The Morgan fingerprint density at radius 1 is 1.57 bits per heavy atom. The van der Waals surface area contributed by atoms with Crippen LogP contribution in [-0.4, -0.2) is 37.6 Å². The van der Waals surface area contributed by atoms with E-state index in [0.717, 1.165) is 0 Å². The van der Waals surface area contributed by atoms with Crippen LogP contribution >= 0.6 is 11.6 Å². The molecule has 114 valence electrons. The molecule has 7 heteroatoms. The largest absolute Gasteiger partial charge is 0.352 e. The van der Waals surface area contributed by atoms with E-state index >= 15 is 0 Å². The summed E-state index contributed by atoms with van der Waals surface area (Å²) in [5, 5.41) is 5.95. The molecule has 1 atom stereocenters. The van der Waals surface area contributed by atoms with Crippen molar-refractivity contribution in [3.8, 4) is 0 Å². The van der Waals surface area contributed by atoms with Gasteiger partial charge in [0.15, 0.2) is 0 Å². The zero-order valence-corrected chi connectivity index (χ0v) is 12.6. The third-order valence-electron chi connectivity index (χ3n) is 3.24. The molecule has 0 bridgehead atoms. The lowest BCUT2D eigenvalue weighted by molar-refractivity contribution is 0.0953. The molecule has 0 saturated carbocycles. The summed E-state index contributed by atoms with van der Waals surface area (Å²) in [6, 6.07) is 4.74. The van der Waals surface area contributed by atoms with Gasteiger partial charge in [-0.3, -0.25) is 9.69 Å². The molecule has 21 heavy (non-hydrogen) atoms. The minimum atomic E-state index is -0.202. The van der Waals surface area contributed by atoms with Gasteiger partial charge in [-0.1, -0.05) is 11.6 Å². The minimum absolute atomic E-state index is 0.0411. The van der Waals surface area contributed by atoms with Crippen molar-refractivity contribution in [3.63, 3.8) is 0 Å². The number of benzene rings is 1. The van der Waals surface area contributed by atoms with Crippen molar-refractivity contribution in [2.45, 2.75) is 19.4 Å². The molecule has 1 fully saturated rings. The number of carbonyl (C=O) groups is 2. The first kappa shape index (κ1) is 15.6. The molecule has 1 aliphatic rings. The Kier molecular flexibility index (Phi) is 5.03. The van der Waals surface area contributed by atoms with Crippen LogP contribution in [0, 0.1) is 0 Å². The number of nitrogens with zero attached hydrogens (tertiary/aromatic N) is 1. The summed E-state index contributed by atoms with van der Waals surface area (Å²) in [5.41, 5.74) is 6.66. The average molecular weight is 311 g/mol. The lowest BCUT2D eigenvalue weighted by Crippen LogP contribution is -2.30. The third-order valence-corrected chi connectivity index (χ3v) is 3.56. The number of nitrogens with one attached hydrogen (secondary N) is 2. The van der Waals surface area contributed by atoms with E-state index in [0.29, 0.717) is 42.3 Å². The van der Waals surface area contributed by atoms with Crippen LogP contribution in [0.2, 0.25) is 5.02 Å². The second-order valence-corrected chi connectivity index (χ2v) is 5.48. The fourth-order valence-corrected chi connectivity index (χ4v) is 2.30. The molecule has 1 heterocycles. The number of halogens is 1. The predicted molar refractivity (Wildman–Crippen MR) is 82.8 cm³/mol. The van der Waals surface area contributed by atoms with E-state index in [4.69, 9.17) is 17.3 Å². The minimum Gasteiger partial charge on any atom is -0.352 e. The van der Waals surface area contributed by atoms with Crippen LogP contribution in [0.3, 0.4) is 0 Å². The Morgan fingerprint density at radius 3 is 2.95 bits per heavy atom. The lowest BCUT2D eigenvalue weighted by Gasteiger charge is -2.17. The van der Waals surface area contributed by atoms with Crippen molar-refractivity contribution < 1.29 is 9.59 Å². The van der Waals surface area contributed by atoms with Gasteiger partial charge in [0.05, 0.1) is 10.7 Å². The van der Waals surface area contributed by atoms with Crippen LogP contribution in [0.5, 0.6) is 0 Å². The van der Waals surface area contributed by atoms with Crippen molar-refractivity contribution in [3.05, 3.63) is 28.8 Å².